The van der Waals surface area contributed by atoms with Gasteiger partial charge in [-0.2, -0.15) is 0 Å². The summed E-state index contributed by atoms with van der Waals surface area (Å²) in [5.74, 6) is 16.5. The minimum absolute atomic E-state index is 0.736. The van der Waals surface area contributed by atoms with Crippen LogP contribution in [0.2, 0.25) is 0 Å². The van der Waals surface area contributed by atoms with Gasteiger partial charge in [0, 0.05) is 16.7 Å². The second-order valence-electron chi connectivity index (χ2n) is 5.67. The Morgan fingerprint density at radius 2 is 0.731 bits per heavy atom. The van der Waals surface area contributed by atoms with Crippen LogP contribution in [0.3, 0.4) is 0 Å². The average Bonchev–Trinajstić information content (AvgIpc) is 2.72. The van der Waals surface area contributed by atoms with Crippen LogP contribution in [0.15, 0.2) is 91.0 Å². The Balaban J connectivity index is 1.97. The number of hydrogen-bond acceptors (Lipinski definition) is 0. The number of benzene rings is 3. The van der Waals surface area contributed by atoms with Crippen molar-refractivity contribution in [1.29, 1.82) is 0 Å². The molecule has 3 aromatic carbocycles. The van der Waals surface area contributed by atoms with Crippen molar-refractivity contribution in [1.82, 2.24) is 0 Å². The lowest BCUT2D eigenvalue weighted by molar-refractivity contribution is 0.850. The monoisotopic (exact) mass is 333 g/mol. The zero-order valence-electron chi connectivity index (χ0n) is 14.1. The van der Waals surface area contributed by atoms with Gasteiger partial charge >= 0.3 is 6.42 Å². The molecule has 0 spiro atoms. The first kappa shape index (κ1) is 17.2. The van der Waals surface area contributed by atoms with E-state index in [2.05, 4.69) is 35.2 Å². The van der Waals surface area contributed by atoms with E-state index >= 15 is 4.32 Å². The number of rotatable bonds is 0. The smallest absolute Gasteiger partial charge is 0.358 e. The summed E-state index contributed by atoms with van der Waals surface area (Å²) in [5.41, 5.74) is 2.21. The van der Waals surface area contributed by atoms with Gasteiger partial charge in [0.05, 0.1) is 0 Å². The van der Waals surface area contributed by atoms with Crippen LogP contribution >= 0.6 is 0 Å². The second-order valence-corrected chi connectivity index (χ2v) is 5.67. The molecular formula is C24H15BF-. The molecule has 0 radical (unpaired) electrons. The summed E-state index contributed by atoms with van der Waals surface area (Å²) >= 11 is 0. The third-order valence-electron chi connectivity index (χ3n) is 3.57. The van der Waals surface area contributed by atoms with E-state index < -0.39 is 6.42 Å². The van der Waals surface area contributed by atoms with Crippen molar-refractivity contribution < 1.29 is 4.32 Å². The van der Waals surface area contributed by atoms with Gasteiger partial charge in [0.25, 0.3) is 0 Å². The van der Waals surface area contributed by atoms with Crippen molar-refractivity contribution >= 4 is 6.42 Å². The van der Waals surface area contributed by atoms with Crippen molar-refractivity contribution in [3.63, 3.8) is 0 Å². The molecule has 0 bridgehead atoms. The maximum absolute atomic E-state index is 15.4. The summed E-state index contributed by atoms with van der Waals surface area (Å²) in [6.07, 6.45) is -2.97. The van der Waals surface area contributed by atoms with E-state index in [4.69, 9.17) is 0 Å². The molecule has 0 unspecified atom stereocenters. The van der Waals surface area contributed by atoms with E-state index in [1.54, 1.807) is 0 Å². The normalized spacial score (nSPS) is 9.58. The first-order valence-electron chi connectivity index (χ1n) is 8.32. The molecule has 0 amide bonds. The predicted octanol–water partition coefficient (Wildman–Crippen LogP) is 4.67. The van der Waals surface area contributed by atoms with Gasteiger partial charge in [-0.3, -0.25) is 0 Å². The van der Waals surface area contributed by atoms with E-state index in [-0.39, 0.29) is 0 Å². The summed E-state index contributed by atoms with van der Waals surface area (Å²) in [6.45, 7) is 0. The van der Waals surface area contributed by atoms with E-state index in [1.807, 2.05) is 91.0 Å². The topological polar surface area (TPSA) is 0 Å². The Bertz CT molecular complexity index is 899. The molecule has 0 atom stereocenters. The van der Waals surface area contributed by atoms with Gasteiger partial charge in [0.1, 0.15) is 0 Å². The standard InChI is InChI=1S/C24H15BF/c26-25(19-16-22-10-4-1-5-11-22,20-17-23-12-6-2-7-13-23)21-18-24-14-8-3-9-15-24/h1-15H/q-1. The molecule has 0 N–H and O–H groups in total. The van der Waals surface area contributed by atoms with Gasteiger partial charge in [-0.05, 0) is 36.4 Å². The molecule has 26 heavy (non-hydrogen) atoms. The number of hydrogen-bond donors (Lipinski definition) is 0. The maximum Gasteiger partial charge on any atom is 0.358 e. The first-order chi connectivity index (χ1) is 12.7. The molecule has 0 saturated carbocycles. The first-order valence-corrected chi connectivity index (χ1v) is 8.32. The Labute approximate surface area is 154 Å². The van der Waals surface area contributed by atoms with Crippen molar-refractivity contribution in [3.8, 4) is 35.2 Å². The maximum atomic E-state index is 15.4. The van der Waals surface area contributed by atoms with Crippen molar-refractivity contribution in [2.24, 2.45) is 0 Å². The van der Waals surface area contributed by atoms with Crippen LogP contribution in [0.1, 0.15) is 16.7 Å². The van der Waals surface area contributed by atoms with Crippen LogP contribution in [0.25, 0.3) is 0 Å². The Kier molecular flexibility index (Phi) is 5.57. The highest BCUT2D eigenvalue weighted by Crippen LogP contribution is 2.05. The molecule has 0 aliphatic heterocycles. The predicted molar refractivity (Wildman–Crippen MR) is 107 cm³/mol. The van der Waals surface area contributed by atoms with E-state index in [1.165, 1.54) is 0 Å². The van der Waals surface area contributed by atoms with Crippen molar-refractivity contribution in [2.45, 2.75) is 0 Å². The summed E-state index contributed by atoms with van der Waals surface area (Å²) < 4.78 is 15.4. The molecule has 2 heteroatoms. The average molecular weight is 333 g/mol. The van der Waals surface area contributed by atoms with Crippen molar-refractivity contribution in [2.75, 3.05) is 0 Å². The second kappa shape index (κ2) is 8.44. The molecular weight excluding hydrogens is 318 g/mol. The molecule has 0 fully saturated rings. The van der Waals surface area contributed by atoms with Gasteiger partial charge in [-0.1, -0.05) is 54.6 Å². The fourth-order valence-corrected chi connectivity index (χ4v) is 2.22. The molecule has 3 rings (SSSR count). The fraction of sp³-hybridized carbons (Fsp3) is 0. The molecule has 0 aliphatic rings. The van der Waals surface area contributed by atoms with E-state index in [9.17, 15) is 0 Å². The van der Waals surface area contributed by atoms with Crippen LogP contribution in [-0.4, -0.2) is 6.42 Å². The van der Waals surface area contributed by atoms with Gasteiger partial charge < -0.3 is 4.32 Å². The Morgan fingerprint density at radius 1 is 0.462 bits per heavy atom. The largest absolute Gasteiger partial charge is 0.472 e. The van der Waals surface area contributed by atoms with Gasteiger partial charge in [0.2, 0.25) is 0 Å². The van der Waals surface area contributed by atoms with E-state index in [0.717, 1.165) is 16.7 Å². The number of halogens is 1. The lowest BCUT2D eigenvalue weighted by Gasteiger charge is -2.12. The molecule has 3 aromatic rings. The van der Waals surface area contributed by atoms with Crippen LogP contribution in [0.4, 0.5) is 4.32 Å². The Morgan fingerprint density at radius 3 is 1.00 bits per heavy atom. The molecule has 0 aliphatic carbocycles. The highest BCUT2D eigenvalue weighted by molar-refractivity contribution is 6.95. The zero-order chi connectivity index (χ0) is 18.1. The van der Waals surface area contributed by atoms with Gasteiger partial charge in [0.15, 0.2) is 0 Å². The van der Waals surface area contributed by atoms with Crippen molar-refractivity contribution in [3.05, 3.63) is 108 Å². The third-order valence-corrected chi connectivity index (χ3v) is 3.57. The molecule has 0 aromatic heterocycles. The zero-order valence-corrected chi connectivity index (χ0v) is 14.1. The SMILES string of the molecule is F[B-](C#Cc1ccccc1)(C#Cc1ccccc1)C#Cc1ccccc1. The summed E-state index contributed by atoms with van der Waals surface area (Å²) in [7, 11) is 0. The third kappa shape index (κ3) is 5.17. The molecule has 0 heterocycles. The lowest BCUT2D eigenvalue weighted by Crippen LogP contribution is -2.23. The highest BCUT2D eigenvalue weighted by Gasteiger charge is 2.14. The van der Waals surface area contributed by atoms with Crippen LogP contribution in [-0.2, 0) is 0 Å². The molecule has 0 saturated heterocycles. The van der Waals surface area contributed by atoms with Crippen LogP contribution < -0.4 is 0 Å². The van der Waals surface area contributed by atoms with Crippen LogP contribution in [0.5, 0.6) is 0 Å². The molecule has 0 nitrogen and oxygen atoms in total. The van der Waals surface area contributed by atoms with Gasteiger partial charge in [-0.15, -0.1) is 17.8 Å². The summed E-state index contributed by atoms with van der Waals surface area (Å²) in [5, 5.41) is 0. The lowest BCUT2D eigenvalue weighted by atomic mass is 9.46. The minimum Gasteiger partial charge on any atom is -0.472 e. The Hall–Kier alpha value is -3.67. The van der Waals surface area contributed by atoms with E-state index in [0.29, 0.717) is 0 Å². The highest BCUT2D eigenvalue weighted by atomic mass is 19.1. The summed E-state index contributed by atoms with van der Waals surface area (Å²) in [6, 6.07) is 27.8. The fourth-order valence-electron chi connectivity index (χ4n) is 2.22. The van der Waals surface area contributed by atoms with Gasteiger partial charge in [-0.25, -0.2) is 17.5 Å². The summed E-state index contributed by atoms with van der Waals surface area (Å²) in [4.78, 5) is 0. The quantitative estimate of drug-likeness (QED) is 0.414. The minimum atomic E-state index is -2.97. The van der Waals surface area contributed by atoms with Crippen LogP contribution in [0, 0.1) is 35.2 Å². The molecule has 122 valence electrons.